The van der Waals surface area contributed by atoms with Gasteiger partial charge in [0.25, 0.3) is 0 Å². The Kier molecular flexibility index (Phi) is 13.8. The van der Waals surface area contributed by atoms with E-state index in [1.54, 1.807) is 0 Å². The molecule has 1 saturated carbocycles. The zero-order valence-corrected chi connectivity index (χ0v) is 18.3. The average Bonchev–Trinajstić information content (AvgIpc) is 3.01. The lowest BCUT2D eigenvalue weighted by molar-refractivity contribution is 0.107. The van der Waals surface area contributed by atoms with Gasteiger partial charge in [-0.2, -0.15) is 0 Å². The summed E-state index contributed by atoms with van der Waals surface area (Å²) in [7, 11) is 2.13. The number of hydrogen-bond acceptors (Lipinski definition) is 2. The molecule has 0 saturated heterocycles. The van der Waals surface area contributed by atoms with Gasteiger partial charge in [-0.3, -0.25) is 4.99 Å². The second-order valence-corrected chi connectivity index (χ2v) is 6.68. The molecule has 0 atom stereocenters. The number of hydrogen-bond donors (Lipinski definition) is 1. The molecule has 142 valence electrons. The SMILES string of the molecule is C=CCCCN(C)C(=NCC1(CCOCC)CCCC1)NCC.I. The highest BCUT2D eigenvalue weighted by Gasteiger charge is 2.33. The third-order valence-electron chi connectivity index (χ3n) is 4.81. The number of guanidine groups is 1. The number of nitrogens with one attached hydrogen (secondary N) is 1. The molecule has 0 bridgehead atoms. The van der Waals surface area contributed by atoms with Crippen molar-refractivity contribution < 1.29 is 4.74 Å². The number of rotatable bonds is 11. The molecule has 24 heavy (non-hydrogen) atoms. The van der Waals surface area contributed by atoms with Crippen LogP contribution in [0.5, 0.6) is 0 Å². The molecule has 0 heterocycles. The predicted molar refractivity (Wildman–Crippen MR) is 115 cm³/mol. The van der Waals surface area contributed by atoms with Gasteiger partial charge >= 0.3 is 0 Å². The minimum Gasteiger partial charge on any atom is -0.382 e. The number of aliphatic imine (C=N–C) groups is 1. The van der Waals surface area contributed by atoms with Gasteiger partial charge in [0.1, 0.15) is 0 Å². The second kappa shape index (κ2) is 13.9. The van der Waals surface area contributed by atoms with Gasteiger partial charge in [0.15, 0.2) is 5.96 Å². The highest BCUT2D eigenvalue weighted by molar-refractivity contribution is 14.0. The molecular weight excluding hydrogens is 413 g/mol. The van der Waals surface area contributed by atoms with Crippen molar-refractivity contribution in [3.63, 3.8) is 0 Å². The summed E-state index contributed by atoms with van der Waals surface area (Å²) in [6.07, 6.45) is 10.6. The smallest absolute Gasteiger partial charge is 0.193 e. The molecule has 1 aliphatic carbocycles. The normalized spacial score (nSPS) is 16.5. The molecule has 1 N–H and O–H groups in total. The number of unbranched alkanes of at least 4 members (excludes halogenated alkanes) is 1. The molecule has 0 aromatic carbocycles. The molecule has 4 nitrogen and oxygen atoms in total. The molecule has 1 aliphatic rings. The van der Waals surface area contributed by atoms with Crippen LogP contribution in [0.25, 0.3) is 0 Å². The summed E-state index contributed by atoms with van der Waals surface area (Å²) < 4.78 is 5.60. The number of halogens is 1. The van der Waals surface area contributed by atoms with Crippen molar-refractivity contribution in [1.82, 2.24) is 10.2 Å². The van der Waals surface area contributed by atoms with Crippen LogP contribution in [-0.2, 0) is 4.74 Å². The van der Waals surface area contributed by atoms with Crippen LogP contribution in [0.3, 0.4) is 0 Å². The van der Waals surface area contributed by atoms with Crippen LogP contribution in [0.2, 0.25) is 0 Å². The van der Waals surface area contributed by atoms with Gasteiger partial charge in [-0.25, -0.2) is 0 Å². The lowest BCUT2D eigenvalue weighted by atomic mass is 9.83. The van der Waals surface area contributed by atoms with Gasteiger partial charge in [0, 0.05) is 39.9 Å². The van der Waals surface area contributed by atoms with E-state index in [4.69, 9.17) is 9.73 Å². The van der Waals surface area contributed by atoms with Crippen LogP contribution >= 0.6 is 24.0 Å². The average molecular weight is 451 g/mol. The minimum absolute atomic E-state index is 0. The maximum absolute atomic E-state index is 5.60. The van der Waals surface area contributed by atoms with Gasteiger partial charge in [-0.05, 0) is 51.4 Å². The number of ether oxygens (including phenoxy) is 1. The molecule has 0 aliphatic heterocycles. The van der Waals surface area contributed by atoms with Crippen LogP contribution in [0, 0.1) is 5.41 Å². The summed E-state index contributed by atoms with van der Waals surface area (Å²) in [6, 6.07) is 0. The first-order valence-electron chi connectivity index (χ1n) is 9.35. The fourth-order valence-corrected chi connectivity index (χ4v) is 3.34. The first-order chi connectivity index (χ1) is 11.2. The molecule has 1 fully saturated rings. The molecule has 0 radical (unpaired) electrons. The Balaban J connectivity index is 0.00000529. The first kappa shape index (κ1) is 23.7. The summed E-state index contributed by atoms with van der Waals surface area (Å²) in [5, 5.41) is 3.44. The summed E-state index contributed by atoms with van der Waals surface area (Å²) in [5.41, 5.74) is 0.359. The molecule has 5 heteroatoms. The van der Waals surface area contributed by atoms with Crippen LogP contribution in [0.4, 0.5) is 0 Å². The number of nitrogens with zero attached hydrogens (tertiary/aromatic N) is 2. The Morgan fingerprint density at radius 3 is 2.62 bits per heavy atom. The van der Waals surface area contributed by atoms with Crippen molar-refractivity contribution in [3.8, 4) is 0 Å². The van der Waals surface area contributed by atoms with Crippen molar-refractivity contribution in [3.05, 3.63) is 12.7 Å². The molecule has 0 unspecified atom stereocenters. The molecular formula is C19H38IN3O. The fraction of sp³-hybridized carbons (Fsp3) is 0.842. The van der Waals surface area contributed by atoms with Crippen molar-refractivity contribution in [1.29, 1.82) is 0 Å². The monoisotopic (exact) mass is 451 g/mol. The zero-order valence-electron chi connectivity index (χ0n) is 16.0. The van der Waals surface area contributed by atoms with E-state index in [0.717, 1.165) is 58.1 Å². The van der Waals surface area contributed by atoms with Gasteiger partial charge in [0.05, 0.1) is 0 Å². The van der Waals surface area contributed by atoms with Gasteiger partial charge in [-0.15, -0.1) is 30.6 Å². The Morgan fingerprint density at radius 1 is 1.33 bits per heavy atom. The maximum Gasteiger partial charge on any atom is 0.193 e. The van der Waals surface area contributed by atoms with Crippen molar-refractivity contribution >= 4 is 29.9 Å². The maximum atomic E-state index is 5.60. The third kappa shape index (κ3) is 8.70. The van der Waals surface area contributed by atoms with Crippen LogP contribution in [0.1, 0.15) is 58.8 Å². The topological polar surface area (TPSA) is 36.9 Å². The van der Waals surface area contributed by atoms with E-state index in [9.17, 15) is 0 Å². The van der Waals surface area contributed by atoms with Gasteiger partial charge in [0.2, 0.25) is 0 Å². The van der Waals surface area contributed by atoms with Gasteiger partial charge in [-0.1, -0.05) is 18.9 Å². The summed E-state index contributed by atoms with van der Waals surface area (Å²) in [5.74, 6) is 1.04. The van der Waals surface area contributed by atoms with E-state index in [0.29, 0.717) is 5.41 Å². The molecule has 0 aromatic heterocycles. The fourth-order valence-electron chi connectivity index (χ4n) is 3.34. The van der Waals surface area contributed by atoms with E-state index in [1.807, 2.05) is 6.08 Å². The van der Waals surface area contributed by atoms with Crippen LogP contribution in [0.15, 0.2) is 17.6 Å². The van der Waals surface area contributed by atoms with E-state index in [-0.39, 0.29) is 24.0 Å². The molecule has 0 amide bonds. The Hall–Kier alpha value is -0.300. The summed E-state index contributed by atoms with van der Waals surface area (Å²) in [6.45, 7) is 12.5. The van der Waals surface area contributed by atoms with E-state index >= 15 is 0 Å². The Morgan fingerprint density at radius 2 is 2.04 bits per heavy atom. The van der Waals surface area contributed by atoms with Gasteiger partial charge < -0.3 is 15.0 Å². The minimum atomic E-state index is 0. The lowest BCUT2D eigenvalue weighted by Gasteiger charge is -2.29. The Bertz CT molecular complexity index is 355. The van der Waals surface area contributed by atoms with E-state index < -0.39 is 0 Å². The van der Waals surface area contributed by atoms with Crippen molar-refractivity contribution in [2.75, 3.05) is 39.9 Å². The number of allylic oxidation sites excluding steroid dienone is 1. The lowest BCUT2D eigenvalue weighted by Crippen LogP contribution is -2.40. The predicted octanol–water partition coefficient (Wildman–Crippen LogP) is 4.45. The quantitative estimate of drug-likeness (QED) is 0.166. The second-order valence-electron chi connectivity index (χ2n) is 6.68. The van der Waals surface area contributed by atoms with Crippen LogP contribution in [-0.4, -0.2) is 50.8 Å². The van der Waals surface area contributed by atoms with E-state index in [2.05, 4.69) is 37.7 Å². The molecule has 0 spiro atoms. The van der Waals surface area contributed by atoms with Crippen LogP contribution < -0.4 is 5.32 Å². The van der Waals surface area contributed by atoms with Crippen molar-refractivity contribution in [2.24, 2.45) is 10.4 Å². The van der Waals surface area contributed by atoms with E-state index in [1.165, 1.54) is 25.7 Å². The first-order valence-corrected chi connectivity index (χ1v) is 9.35. The summed E-state index contributed by atoms with van der Waals surface area (Å²) >= 11 is 0. The van der Waals surface area contributed by atoms with Crippen molar-refractivity contribution in [2.45, 2.75) is 58.8 Å². The highest BCUT2D eigenvalue weighted by atomic mass is 127. The third-order valence-corrected chi connectivity index (χ3v) is 4.81. The standard InChI is InChI=1S/C19H37N3O.HI/c1-5-8-11-15-22(4)18(20-6-2)21-17-19(12-9-10-13-19)14-16-23-7-3;/h5H,1,6-17H2,2-4H3,(H,20,21);1H. The molecule has 1 rings (SSSR count). The highest BCUT2D eigenvalue weighted by Crippen LogP contribution is 2.41. The largest absolute Gasteiger partial charge is 0.382 e. The summed E-state index contributed by atoms with van der Waals surface area (Å²) in [4.78, 5) is 7.22. The Labute approximate surface area is 166 Å². The molecule has 0 aromatic rings. The zero-order chi connectivity index (χ0) is 17.0.